The molecule has 2 amide bonds. The summed E-state index contributed by atoms with van der Waals surface area (Å²) in [6.07, 6.45) is 8.50. The summed E-state index contributed by atoms with van der Waals surface area (Å²) in [6.45, 7) is 0.637. The first kappa shape index (κ1) is 16.1. The first-order valence-electron chi connectivity index (χ1n) is 9.16. The number of thiophene rings is 1. The van der Waals surface area contributed by atoms with Gasteiger partial charge in [-0.05, 0) is 73.1 Å². The van der Waals surface area contributed by atoms with Crippen LogP contribution in [0.25, 0.3) is 0 Å². The molecule has 130 valence electrons. The Morgan fingerprint density at radius 1 is 1.04 bits per heavy atom. The summed E-state index contributed by atoms with van der Waals surface area (Å²) < 4.78 is 0. The maximum absolute atomic E-state index is 12.4. The van der Waals surface area contributed by atoms with Crippen LogP contribution in [0.15, 0.2) is 17.5 Å². The molecular formula is C19H26N2O2S. The van der Waals surface area contributed by atoms with Gasteiger partial charge in [-0.25, -0.2) is 0 Å². The highest BCUT2D eigenvalue weighted by Crippen LogP contribution is 2.61. The second-order valence-corrected chi connectivity index (χ2v) is 9.26. The van der Waals surface area contributed by atoms with E-state index in [1.165, 1.54) is 38.5 Å². The van der Waals surface area contributed by atoms with Crippen LogP contribution in [0.4, 0.5) is 0 Å². The van der Waals surface area contributed by atoms with Gasteiger partial charge in [0.1, 0.15) is 0 Å². The molecule has 4 aliphatic carbocycles. The average molecular weight is 346 g/mol. The van der Waals surface area contributed by atoms with E-state index in [0.717, 1.165) is 22.6 Å². The maximum atomic E-state index is 12.4. The zero-order valence-corrected chi connectivity index (χ0v) is 14.9. The maximum Gasteiger partial charge on any atom is 0.239 e. The zero-order chi connectivity index (χ0) is 16.6. The summed E-state index contributed by atoms with van der Waals surface area (Å²) in [4.78, 5) is 25.4. The first-order valence-corrected chi connectivity index (χ1v) is 10.0. The van der Waals surface area contributed by atoms with E-state index in [1.54, 1.807) is 11.3 Å². The lowest BCUT2D eigenvalue weighted by atomic mass is 9.49. The van der Waals surface area contributed by atoms with E-state index >= 15 is 0 Å². The molecule has 0 aromatic carbocycles. The molecule has 1 aromatic rings. The molecule has 0 unspecified atom stereocenters. The van der Waals surface area contributed by atoms with Crippen molar-refractivity contribution in [2.45, 2.75) is 51.5 Å². The Morgan fingerprint density at radius 3 is 2.29 bits per heavy atom. The summed E-state index contributed by atoms with van der Waals surface area (Å²) in [6, 6.07) is 3.97. The summed E-state index contributed by atoms with van der Waals surface area (Å²) in [7, 11) is 0. The Balaban J connectivity index is 1.23. The van der Waals surface area contributed by atoms with Crippen LogP contribution in [0.3, 0.4) is 0 Å². The number of hydrogen-bond donors (Lipinski definition) is 2. The van der Waals surface area contributed by atoms with Crippen molar-refractivity contribution in [1.29, 1.82) is 0 Å². The Hall–Kier alpha value is -1.36. The summed E-state index contributed by atoms with van der Waals surface area (Å²) in [5.74, 6) is 2.53. The van der Waals surface area contributed by atoms with Crippen LogP contribution in [-0.4, -0.2) is 18.4 Å². The van der Waals surface area contributed by atoms with Crippen molar-refractivity contribution in [2.75, 3.05) is 6.54 Å². The van der Waals surface area contributed by atoms with Crippen LogP contribution in [0.5, 0.6) is 0 Å². The molecule has 5 heteroatoms. The Bertz CT molecular complexity index is 576. The normalized spacial score (nSPS) is 33.4. The number of amides is 2. The Kier molecular flexibility index (Phi) is 4.37. The summed E-state index contributed by atoms with van der Waals surface area (Å²) in [5.41, 5.74) is 0.242. The van der Waals surface area contributed by atoms with Crippen LogP contribution < -0.4 is 10.6 Å². The van der Waals surface area contributed by atoms with E-state index in [2.05, 4.69) is 10.6 Å². The highest BCUT2D eigenvalue weighted by Gasteiger charge is 2.51. The van der Waals surface area contributed by atoms with Crippen molar-refractivity contribution >= 4 is 23.2 Å². The molecule has 0 aliphatic heterocycles. The average Bonchev–Trinajstić information content (AvgIpc) is 3.02. The molecule has 5 rings (SSSR count). The third-order valence-corrected chi connectivity index (χ3v) is 7.06. The monoisotopic (exact) mass is 346 g/mol. The molecule has 4 bridgehead atoms. The molecule has 24 heavy (non-hydrogen) atoms. The SMILES string of the molecule is O=C(CNC(=O)CC12CC3CC(CC(C3)C1)C2)NCc1cccs1. The molecule has 0 radical (unpaired) electrons. The van der Waals surface area contributed by atoms with Gasteiger partial charge >= 0.3 is 0 Å². The van der Waals surface area contributed by atoms with E-state index in [4.69, 9.17) is 0 Å². The summed E-state index contributed by atoms with van der Waals surface area (Å²) in [5, 5.41) is 7.69. The van der Waals surface area contributed by atoms with Gasteiger partial charge in [0.15, 0.2) is 0 Å². The molecule has 4 saturated carbocycles. The van der Waals surface area contributed by atoms with Gasteiger partial charge in [-0.1, -0.05) is 6.07 Å². The zero-order valence-electron chi connectivity index (χ0n) is 14.1. The van der Waals surface area contributed by atoms with E-state index in [1.807, 2.05) is 17.5 Å². The molecule has 4 nitrogen and oxygen atoms in total. The lowest BCUT2D eigenvalue weighted by Gasteiger charge is -2.56. The van der Waals surface area contributed by atoms with Crippen molar-refractivity contribution in [3.8, 4) is 0 Å². The smallest absolute Gasteiger partial charge is 0.239 e. The van der Waals surface area contributed by atoms with Crippen molar-refractivity contribution < 1.29 is 9.59 Å². The largest absolute Gasteiger partial charge is 0.350 e. The highest BCUT2D eigenvalue weighted by molar-refractivity contribution is 7.09. The third-order valence-electron chi connectivity index (χ3n) is 6.19. The van der Waals surface area contributed by atoms with Crippen molar-refractivity contribution in [2.24, 2.45) is 23.2 Å². The number of carbonyl (C=O) groups is 2. The minimum atomic E-state index is -0.109. The fourth-order valence-corrected chi connectivity index (χ4v) is 6.39. The molecule has 2 N–H and O–H groups in total. The topological polar surface area (TPSA) is 58.2 Å². The van der Waals surface area contributed by atoms with E-state index in [9.17, 15) is 9.59 Å². The predicted octanol–water partition coefficient (Wildman–Crippen LogP) is 3.09. The quantitative estimate of drug-likeness (QED) is 0.831. The molecule has 4 aliphatic rings. The van der Waals surface area contributed by atoms with Gasteiger partial charge < -0.3 is 10.6 Å². The molecule has 1 heterocycles. The van der Waals surface area contributed by atoms with Crippen LogP contribution in [0.1, 0.15) is 49.8 Å². The number of hydrogen-bond acceptors (Lipinski definition) is 3. The van der Waals surface area contributed by atoms with Crippen LogP contribution in [0.2, 0.25) is 0 Å². The van der Waals surface area contributed by atoms with Gasteiger partial charge in [-0.15, -0.1) is 11.3 Å². The molecule has 4 fully saturated rings. The van der Waals surface area contributed by atoms with Crippen LogP contribution in [-0.2, 0) is 16.1 Å². The lowest BCUT2D eigenvalue weighted by molar-refractivity contribution is -0.131. The molecule has 1 aromatic heterocycles. The van der Waals surface area contributed by atoms with Crippen molar-refractivity contribution in [1.82, 2.24) is 10.6 Å². The van der Waals surface area contributed by atoms with E-state index in [-0.39, 0.29) is 23.8 Å². The van der Waals surface area contributed by atoms with Crippen LogP contribution >= 0.6 is 11.3 Å². The minimum Gasteiger partial charge on any atom is -0.350 e. The second-order valence-electron chi connectivity index (χ2n) is 8.23. The van der Waals surface area contributed by atoms with Crippen molar-refractivity contribution in [3.63, 3.8) is 0 Å². The number of carbonyl (C=O) groups excluding carboxylic acids is 2. The number of rotatable bonds is 6. The fourth-order valence-electron chi connectivity index (χ4n) is 5.75. The van der Waals surface area contributed by atoms with Gasteiger partial charge in [0, 0.05) is 11.3 Å². The lowest BCUT2D eigenvalue weighted by Crippen LogP contribution is -2.48. The van der Waals surface area contributed by atoms with Gasteiger partial charge in [-0.2, -0.15) is 0 Å². The highest BCUT2D eigenvalue weighted by atomic mass is 32.1. The minimum absolute atomic E-state index is 0.0585. The molecule has 0 spiro atoms. The second kappa shape index (κ2) is 6.51. The van der Waals surface area contributed by atoms with Gasteiger partial charge in [0.25, 0.3) is 0 Å². The number of nitrogens with one attached hydrogen (secondary N) is 2. The fraction of sp³-hybridized carbons (Fsp3) is 0.684. The van der Waals surface area contributed by atoms with Crippen LogP contribution in [0, 0.1) is 23.2 Å². The Labute approximate surface area is 147 Å². The van der Waals surface area contributed by atoms with Gasteiger partial charge in [0.05, 0.1) is 13.1 Å². The standard InChI is InChI=1S/C19H26N2O2S/c22-17(21-12-18(23)20-11-16-2-1-3-24-16)10-19-7-13-4-14(8-19)6-15(5-13)9-19/h1-3,13-15H,4-12H2,(H,20,23)(H,21,22). The van der Waals surface area contributed by atoms with E-state index < -0.39 is 0 Å². The third kappa shape index (κ3) is 3.51. The van der Waals surface area contributed by atoms with Crippen molar-refractivity contribution in [3.05, 3.63) is 22.4 Å². The predicted molar refractivity (Wildman–Crippen MR) is 94.4 cm³/mol. The Morgan fingerprint density at radius 2 is 1.71 bits per heavy atom. The molecule has 0 saturated heterocycles. The van der Waals surface area contributed by atoms with Gasteiger partial charge in [-0.3, -0.25) is 9.59 Å². The van der Waals surface area contributed by atoms with E-state index in [0.29, 0.717) is 13.0 Å². The first-order chi connectivity index (χ1) is 11.6. The molecule has 0 atom stereocenters. The summed E-state index contributed by atoms with van der Waals surface area (Å²) >= 11 is 1.62. The van der Waals surface area contributed by atoms with Gasteiger partial charge in [0.2, 0.25) is 11.8 Å². The molecular weight excluding hydrogens is 320 g/mol.